The minimum atomic E-state index is -0.221. The van der Waals surface area contributed by atoms with Crippen molar-refractivity contribution in [3.63, 3.8) is 0 Å². The number of thioether (sulfide) groups is 1. The fraction of sp³-hybridized carbons (Fsp3) is 0.235. The number of carbonyl (C=O) groups is 1. The van der Waals surface area contributed by atoms with Gasteiger partial charge in [0.15, 0.2) is 5.16 Å². The molecular formula is C17H17N7OS. The van der Waals surface area contributed by atoms with Gasteiger partial charge in [0.25, 0.3) is 5.91 Å². The number of carbonyl (C=O) groups excluding carboxylic acids is 1. The van der Waals surface area contributed by atoms with E-state index in [1.165, 1.54) is 11.8 Å². The molecule has 1 amide bonds. The third kappa shape index (κ3) is 4.49. The first-order valence-corrected chi connectivity index (χ1v) is 8.94. The summed E-state index contributed by atoms with van der Waals surface area (Å²) in [6.45, 7) is 2.38. The van der Waals surface area contributed by atoms with Crippen LogP contribution in [0, 0.1) is 18.3 Å². The number of hydrazone groups is 1. The third-order valence-electron chi connectivity index (χ3n) is 3.54. The molecule has 2 heterocycles. The van der Waals surface area contributed by atoms with Crippen LogP contribution in [0.4, 0.5) is 0 Å². The largest absolute Gasteiger partial charge is 0.333 e. The smallest absolute Gasteiger partial charge is 0.250 e. The standard InChI is InChI=1S/C17H17N7OS/c1-12-13(10-24(23-12)8-4-7-18)9-19-22-16(25)11-26-17-20-14-5-2-3-6-15(14)21-17/h2-3,5-6,9-10H,4,8,11H2,1H3,(H,20,21)(H,22,25). The average Bonchev–Trinajstić information content (AvgIpc) is 3.21. The van der Waals surface area contributed by atoms with Gasteiger partial charge in [0, 0.05) is 11.8 Å². The molecule has 0 saturated heterocycles. The van der Waals surface area contributed by atoms with Gasteiger partial charge in [-0.05, 0) is 19.1 Å². The average molecular weight is 367 g/mol. The number of imidazole rings is 1. The molecule has 0 aliphatic rings. The Labute approximate surface area is 154 Å². The van der Waals surface area contributed by atoms with Crippen LogP contribution in [0.1, 0.15) is 17.7 Å². The molecule has 0 aliphatic carbocycles. The summed E-state index contributed by atoms with van der Waals surface area (Å²) >= 11 is 1.32. The highest BCUT2D eigenvalue weighted by atomic mass is 32.2. The molecule has 9 heteroatoms. The number of benzene rings is 1. The van der Waals surface area contributed by atoms with Crippen molar-refractivity contribution in [3.05, 3.63) is 41.7 Å². The summed E-state index contributed by atoms with van der Waals surface area (Å²) in [7, 11) is 0. The molecule has 2 aromatic heterocycles. The van der Waals surface area contributed by atoms with E-state index in [-0.39, 0.29) is 11.7 Å². The van der Waals surface area contributed by atoms with Gasteiger partial charge in [-0.15, -0.1) is 0 Å². The minimum absolute atomic E-state index is 0.206. The molecule has 0 aliphatic heterocycles. The van der Waals surface area contributed by atoms with Crippen LogP contribution in [-0.4, -0.2) is 37.6 Å². The normalized spacial score (nSPS) is 11.1. The Hall–Kier alpha value is -3.12. The van der Waals surface area contributed by atoms with Crippen molar-refractivity contribution in [1.82, 2.24) is 25.2 Å². The fourth-order valence-electron chi connectivity index (χ4n) is 2.28. The van der Waals surface area contributed by atoms with Gasteiger partial charge >= 0.3 is 0 Å². The summed E-state index contributed by atoms with van der Waals surface area (Å²) in [5.74, 6) is -0.0152. The van der Waals surface area contributed by atoms with Crippen molar-refractivity contribution in [2.75, 3.05) is 5.75 Å². The number of hydrogen-bond donors (Lipinski definition) is 2. The maximum Gasteiger partial charge on any atom is 0.250 e. The number of aromatic amines is 1. The lowest BCUT2D eigenvalue weighted by atomic mass is 10.3. The Morgan fingerprint density at radius 3 is 3.15 bits per heavy atom. The highest BCUT2D eigenvalue weighted by molar-refractivity contribution is 7.99. The lowest BCUT2D eigenvalue weighted by Crippen LogP contribution is -2.19. The molecule has 3 aromatic rings. The molecule has 0 unspecified atom stereocenters. The molecular weight excluding hydrogens is 350 g/mol. The number of aromatic nitrogens is 4. The Kier molecular flexibility index (Phi) is 5.66. The molecule has 2 N–H and O–H groups in total. The zero-order valence-corrected chi connectivity index (χ0v) is 15.0. The van der Waals surface area contributed by atoms with E-state index in [4.69, 9.17) is 5.26 Å². The maximum absolute atomic E-state index is 11.9. The van der Waals surface area contributed by atoms with Crippen LogP contribution in [0.2, 0.25) is 0 Å². The van der Waals surface area contributed by atoms with Gasteiger partial charge in [0.1, 0.15) is 0 Å². The highest BCUT2D eigenvalue weighted by Gasteiger charge is 2.07. The number of hydrogen-bond acceptors (Lipinski definition) is 6. The van der Waals surface area contributed by atoms with Crippen molar-refractivity contribution >= 4 is 34.9 Å². The molecule has 0 atom stereocenters. The Morgan fingerprint density at radius 2 is 2.35 bits per heavy atom. The number of fused-ring (bicyclic) bond motifs is 1. The summed E-state index contributed by atoms with van der Waals surface area (Å²) < 4.78 is 1.69. The van der Waals surface area contributed by atoms with Crippen LogP contribution >= 0.6 is 11.8 Å². The van der Waals surface area contributed by atoms with Gasteiger partial charge in [-0.2, -0.15) is 15.5 Å². The second kappa shape index (κ2) is 8.31. The van der Waals surface area contributed by atoms with E-state index in [9.17, 15) is 4.79 Å². The van der Waals surface area contributed by atoms with Crippen LogP contribution in [0.25, 0.3) is 11.0 Å². The summed E-state index contributed by atoms with van der Waals surface area (Å²) in [6, 6.07) is 9.79. The van der Waals surface area contributed by atoms with Gasteiger partial charge in [-0.1, -0.05) is 23.9 Å². The number of nitrogens with zero attached hydrogens (tertiary/aromatic N) is 5. The third-order valence-corrected chi connectivity index (χ3v) is 4.41. The first kappa shape index (κ1) is 17.7. The Balaban J connectivity index is 1.50. The zero-order chi connectivity index (χ0) is 18.4. The summed E-state index contributed by atoms with van der Waals surface area (Å²) in [5, 5.41) is 17.6. The number of para-hydroxylation sites is 2. The van der Waals surface area contributed by atoms with Crippen molar-refractivity contribution < 1.29 is 4.79 Å². The number of nitriles is 1. The van der Waals surface area contributed by atoms with E-state index in [0.29, 0.717) is 18.1 Å². The van der Waals surface area contributed by atoms with Crippen LogP contribution in [0.15, 0.2) is 40.7 Å². The monoisotopic (exact) mass is 367 g/mol. The van der Waals surface area contributed by atoms with Crippen LogP contribution < -0.4 is 5.43 Å². The predicted octanol–water partition coefficient (Wildman–Crippen LogP) is 2.22. The fourth-order valence-corrected chi connectivity index (χ4v) is 2.95. The molecule has 0 bridgehead atoms. The molecule has 0 fully saturated rings. The summed E-state index contributed by atoms with van der Waals surface area (Å²) in [6.07, 6.45) is 3.74. The van der Waals surface area contributed by atoms with Gasteiger partial charge in [0.2, 0.25) is 0 Å². The van der Waals surface area contributed by atoms with Crippen molar-refractivity contribution in [3.8, 4) is 6.07 Å². The number of H-pyrrole nitrogens is 1. The second-order valence-electron chi connectivity index (χ2n) is 5.48. The topological polar surface area (TPSA) is 112 Å². The molecule has 0 spiro atoms. The highest BCUT2D eigenvalue weighted by Crippen LogP contribution is 2.18. The molecule has 8 nitrogen and oxygen atoms in total. The zero-order valence-electron chi connectivity index (χ0n) is 14.1. The Morgan fingerprint density at radius 1 is 1.50 bits per heavy atom. The predicted molar refractivity (Wildman–Crippen MR) is 99.7 cm³/mol. The van der Waals surface area contributed by atoms with Crippen LogP contribution in [-0.2, 0) is 11.3 Å². The van der Waals surface area contributed by atoms with E-state index in [2.05, 4.69) is 31.7 Å². The maximum atomic E-state index is 11.9. The van der Waals surface area contributed by atoms with E-state index in [0.717, 1.165) is 22.3 Å². The van der Waals surface area contributed by atoms with Crippen molar-refractivity contribution in [2.24, 2.45) is 5.10 Å². The van der Waals surface area contributed by atoms with E-state index in [1.54, 1.807) is 17.1 Å². The lowest BCUT2D eigenvalue weighted by molar-refractivity contribution is -0.118. The first-order valence-electron chi connectivity index (χ1n) is 7.96. The molecule has 0 saturated carbocycles. The quantitative estimate of drug-likeness (QED) is 0.378. The van der Waals surface area contributed by atoms with Crippen molar-refractivity contribution in [1.29, 1.82) is 5.26 Å². The Bertz CT molecular complexity index is 950. The molecule has 26 heavy (non-hydrogen) atoms. The number of rotatable bonds is 7. The number of aryl methyl sites for hydroxylation is 2. The molecule has 132 valence electrons. The summed E-state index contributed by atoms with van der Waals surface area (Å²) in [4.78, 5) is 19.5. The lowest BCUT2D eigenvalue weighted by Gasteiger charge is -1.97. The van der Waals surface area contributed by atoms with Crippen LogP contribution in [0.5, 0.6) is 0 Å². The summed E-state index contributed by atoms with van der Waals surface area (Å²) in [5.41, 5.74) is 5.90. The second-order valence-corrected chi connectivity index (χ2v) is 6.45. The first-order chi connectivity index (χ1) is 12.7. The minimum Gasteiger partial charge on any atom is -0.333 e. The van der Waals surface area contributed by atoms with Gasteiger partial charge in [-0.3, -0.25) is 9.48 Å². The van der Waals surface area contributed by atoms with Gasteiger partial charge < -0.3 is 4.98 Å². The molecule has 0 radical (unpaired) electrons. The van der Waals surface area contributed by atoms with E-state index >= 15 is 0 Å². The van der Waals surface area contributed by atoms with Gasteiger partial charge in [0.05, 0.1) is 47.7 Å². The SMILES string of the molecule is Cc1nn(CCC#N)cc1C=NNC(=O)CSc1nc2ccccc2[nH]1. The van der Waals surface area contributed by atoms with Crippen LogP contribution in [0.3, 0.4) is 0 Å². The number of amides is 1. The van der Waals surface area contributed by atoms with Crippen molar-refractivity contribution in [2.45, 2.75) is 25.0 Å². The van der Waals surface area contributed by atoms with E-state index in [1.807, 2.05) is 31.2 Å². The number of nitrogens with one attached hydrogen (secondary N) is 2. The van der Waals surface area contributed by atoms with Gasteiger partial charge in [-0.25, -0.2) is 10.4 Å². The molecule has 3 rings (SSSR count). The van der Waals surface area contributed by atoms with E-state index < -0.39 is 0 Å². The molecule has 1 aromatic carbocycles.